The number of nitrogens with zero attached hydrogens (tertiary/aromatic N) is 3. The topological polar surface area (TPSA) is 65.7 Å². The van der Waals surface area contributed by atoms with Gasteiger partial charge in [-0.3, -0.25) is 4.99 Å². The fourth-order valence-corrected chi connectivity index (χ4v) is 3.09. The Morgan fingerprint density at radius 3 is 2.54 bits per heavy atom. The number of rotatable bonds is 9. The Labute approximate surface area is 167 Å². The molecule has 0 aliphatic rings. The fraction of sp³-hybridized carbons (Fsp3) is 0.524. The first kappa shape index (κ1) is 21.9. The molecular weight excluding hydrogens is 357 g/mol. The summed E-state index contributed by atoms with van der Waals surface area (Å²) < 4.78 is 19.3. The third kappa shape index (κ3) is 6.34. The summed E-state index contributed by atoms with van der Waals surface area (Å²) in [5.74, 6) is 1.68. The molecular formula is C21H32FN5O. The Hall–Kier alpha value is -2.41. The van der Waals surface area contributed by atoms with Gasteiger partial charge in [0.05, 0.1) is 12.2 Å². The van der Waals surface area contributed by atoms with E-state index in [9.17, 15) is 4.39 Å². The van der Waals surface area contributed by atoms with E-state index in [4.69, 9.17) is 4.52 Å². The van der Waals surface area contributed by atoms with Gasteiger partial charge in [-0.25, -0.2) is 4.39 Å². The number of hydrogen-bond donors (Lipinski definition) is 2. The maximum Gasteiger partial charge on any atom is 0.191 e. The average molecular weight is 390 g/mol. The molecule has 28 heavy (non-hydrogen) atoms. The highest BCUT2D eigenvalue weighted by Gasteiger charge is 2.13. The summed E-state index contributed by atoms with van der Waals surface area (Å²) in [5, 5.41) is 10.7. The van der Waals surface area contributed by atoms with E-state index in [1.165, 1.54) is 6.07 Å². The zero-order chi connectivity index (χ0) is 20.5. The Morgan fingerprint density at radius 1 is 1.18 bits per heavy atom. The Balaban J connectivity index is 1.90. The maximum atomic E-state index is 13.9. The van der Waals surface area contributed by atoms with E-state index in [2.05, 4.69) is 34.6 Å². The van der Waals surface area contributed by atoms with E-state index in [1.807, 2.05) is 31.1 Å². The highest BCUT2D eigenvalue weighted by atomic mass is 19.1. The van der Waals surface area contributed by atoms with Crippen LogP contribution in [0.4, 0.5) is 4.39 Å². The molecule has 0 bridgehead atoms. The van der Waals surface area contributed by atoms with Gasteiger partial charge in [-0.15, -0.1) is 0 Å². The molecule has 6 nitrogen and oxygen atoms in total. The van der Waals surface area contributed by atoms with Crippen LogP contribution in [0.15, 0.2) is 33.8 Å². The van der Waals surface area contributed by atoms with Gasteiger partial charge in [0.25, 0.3) is 0 Å². The molecule has 0 saturated carbocycles. The molecule has 1 aromatic carbocycles. The van der Waals surface area contributed by atoms with Crippen LogP contribution in [0, 0.1) is 5.82 Å². The lowest BCUT2D eigenvalue weighted by atomic mass is 9.99. The van der Waals surface area contributed by atoms with E-state index in [0.717, 1.165) is 29.9 Å². The van der Waals surface area contributed by atoms with Crippen LogP contribution in [0.2, 0.25) is 0 Å². The van der Waals surface area contributed by atoms with E-state index >= 15 is 0 Å². The second-order valence-corrected chi connectivity index (χ2v) is 7.17. The van der Waals surface area contributed by atoms with Crippen LogP contribution in [-0.2, 0) is 19.6 Å². The smallest absolute Gasteiger partial charge is 0.191 e. The van der Waals surface area contributed by atoms with Crippen LogP contribution in [0.5, 0.6) is 0 Å². The van der Waals surface area contributed by atoms with Gasteiger partial charge < -0.3 is 20.1 Å². The molecule has 2 N–H and O–H groups in total. The number of benzene rings is 1. The lowest BCUT2D eigenvalue weighted by molar-refractivity contribution is 0.368. The number of halogens is 1. The van der Waals surface area contributed by atoms with Crippen LogP contribution in [0.3, 0.4) is 0 Å². The molecule has 0 spiro atoms. The number of hydrogen-bond acceptors (Lipinski definition) is 4. The van der Waals surface area contributed by atoms with Gasteiger partial charge in [-0.2, -0.15) is 0 Å². The minimum atomic E-state index is -0.182. The van der Waals surface area contributed by atoms with Crippen molar-refractivity contribution in [3.63, 3.8) is 0 Å². The molecule has 0 aliphatic heterocycles. The third-order valence-corrected chi connectivity index (χ3v) is 4.69. The summed E-state index contributed by atoms with van der Waals surface area (Å²) >= 11 is 0. The molecule has 154 valence electrons. The lowest BCUT2D eigenvalue weighted by Gasteiger charge is -2.14. The summed E-state index contributed by atoms with van der Waals surface area (Å²) in [7, 11) is 5.57. The van der Waals surface area contributed by atoms with Crippen LogP contribution in [-0.4, -0.2) is 37.2 Å². The van der Waals surface area contributed by atoms with Gasteiger partial charge in [-0.1, -0.05) is 25.1 Å². The van der Waals surface area contributed by atoms with Crippen LogP contribution < -0.4 is 10.6 Å². The van der Waals surface area contributed by atoms with Gasteiger partial charge in [0, 0.05) is 37.7 Å². The van der Waals surface area contributed by atoms with Gasteiger partial charge in [-0.05, 0) is 44.6 Å². The molecule has 0 unspecified atom stereocenters. The first-order chi connectivity index (χ1) is 13.5. The zero-order valence-electron chi connectivity index (χ0n) is 17.6. The zero-order valence-corrected chi connectivity index (χ0v) is 17.6. The predicted octanol–water partition coefficient (Wildman–Crippen LogP) is 3.64. The maximum absolute atomic E-state index is 13.9. The number of aromatic nitrogens is 1. The highest BCUT2D eigenvalue weighted by molar-refractivity contribution is 5.79. The minimum absolute atomic E-state index is 0.182. The summed E-state index contributed by atoms with van der Waals surface area (Å²) in [4.78, 5) is 6.18. The van der Waals surface area contributed by atoms with E-state index < -0.39 is 0 Å². The van der Waals surface area contributed by atoms with Gasteiger partial charge in [0.2, 0.25) is 0 Å². The van der Waals surface area contributed by atoms with Gasteiger partial charge >= 0.3 is 0 Å². The standard InChI is InChI=1S/C21H32FN5O/c1-6-16(7-2)20-11-18(28-26-20)13-25-21(23-3)24-12-15-8-9-19(22)17(10-15)14-27(4)5/h8-11,16H,6-7,12-14H2,1-5H3,(H2,23,24,25). The minimum Gasteiger partial charge on any atom is -0.359 e. The van der Waals surface area contributed by atoms with Crippen molar-refractivity contribution in [3.05, 3.63) is 52.7 Å². The molecule has 2 aromatic rings. The van der Waals surface area contributed by atoms with Crippen molar-refractivity contribution >= 4 is 5.96 Å². The molecule has 0 atom stereocenters. The number of guanidine groups is 1. The number of aliphatic imine (C=N–C) groups is 1. The second-order valence-electron chi connectivity index (χ2n) is 7.17. The van der Waals surface area contributed by atoms with Gasteiger partial charge in [0.1, 0.15) is 5.82 Å². The highest BCUT2D eigenvalue weighted by Crippen LogP contribution is 2.22. The van der Waals surface area contributed by atoms with Crippen molar-refractivity contribution in [2.24, 2.45) is 4.99 Å². The molecule has 0 aliphatic carbocycles. The largest absolute Gasteiger partial charge is 0.359 e. The van der Waals surface area contributed by atoms with Crippen LogP contribution in [0.25, 0.3) is 0 Å². The molecule has 2 rings (SSSR count). The molecule has 1 heterocycles. The second kappa shape index (κ2) is 10.8. The van der Waals surface area contributed by atoms with Crippen molar-refractivity contribution in [1.82, 2.24) is 20.7 Å². The molecule has 7 heteroatoms. The first-order valence-corrected chi connectivity index (χ1v) is 9.78. The average Bonchev–Trinajstić information content (AvgIpc) is 3.13. The van der Waals surface area contributed by atoms with E-state index in [1.54, 1.807) is 13.1 Å². The molecule has 0 fully saturated rings. The van der Waals surface area contributed by atoms with Crippen molar-refractivity contribution < 1.29 is 8.91 Å². The summed E-state index contributed by atoms with van der Waals surface area (Å²) in [6.45, 7) is 5.94. The van der Waals surface area contributed by atoms with Crippen LogP contribution >= 0.6 is 0 Å². The Morgan fingerprint density at radius 2 is 1.89 bits per heavy atom. The quantitative estimate of drug-likeness (QED) is 0.506. The monoisotopic (exact) mass is 389 g/mol. The third-order valence-electron chi connectivity index (χ3n) is 4.69. The summed E-state index contributed by atoms with van der Waals surface area (Å²) in [5.41, 5.74) is 2.68. The first-order valence-electron chi connectivity index (χ1n) is 9.78. The van der Waals surface area contributed by atoms with Crippen LogP contribution in [0.1, 0.15) is 55.2 Å². The van der Waals surface area contributed by atoms with Gasteiger partial charge in [0.15, 0.2) is 11.7 Å². The Kier molecular flexibility index (Phi) is 8.44. The Bertz CT molecular complexity index is 768. The normalized spacial score (nSPS) is 12.1. The summed E-state index contributed by atoms with van der Waals surface area (Å²) in [6.07, 6.45) is 2.10. The summed E-state index contributed by atoms with van der Waals surface area (Å²) in [6, 6.07) is 7.19. The SMILES string of the molecule is CCC(CC)c1cc(CNC(=NC)NCc2ccc(F)c(CN(C)C)c2)on1. The van der Waals surface area contributed by atoms with Crippen molar-refractivity contribution in [2.75, 3.05) is 21.1 Å². The van der Waals surface area contributed by atoms with E-state index in [-0.39, 0.29) is 5.82 Å². The molecule has 1 aromatic heterocycles. The predicted molar refractivity (Wildman–Crippen MR) is 111 cm³/mol. The van der Waals surface area contributed by atoms with Crippen molar-refractivity contribution in [2.45, 2.75) is 52.2 Å². The molecule has 0 radical (unpaired) electrons. The number of nitrogens with one attached hydrogen (secondary N) is 2. The molecule has 0 saturated heterocycles. The lowest BCUT2D eigenvalue weighted by Crippen LogP contribution is -2.36. The van der Waals surface area contributed by atoms with Crippen molar-refractivity contribution in [3.8, 4) is 0 Å². The molecule has 0 amide bonds. The fourth-order valence-electron chi connectivity index (χ4n) is 3.09. The van der Waals surface area contributed by atoms with E-state index in [0.29, 0.717) is 37.1 Å². The van der Waals surface area contributed by atoms with Crippen molar-refractivity contribution in [1.29, 1.82) is 0 Å².